The first kappa shape index (κ1) is 14.5. The third-order valence-corrected chi connectivity index (χ3v) is 4.58. The van der Waals surface area contributed by atoms with E-state index >= 15 is 0 Å². The lowest BCUT2D eigenvalue weighted by Crippen LogP contribution is -2.29. The molecular weight excluding hydrogens is 288 g/mol. The fourth-order valence-corrected chi connectivity index (χ4v) is 3.01. The summed E-state index contributed by atoms with van der Waals surface area (Å²) in [6.07, 6.45) is 2.73. The van der Waals surface area contributed by atoms with E-state index in [9.17, 15) is 0 Å². The van der Waals surface area contributed by atoms with Crippen molar-refractivity contribution in [1.82, 2.24) is 24.5 Å². The van der Waals surface area contributed by atoms with Crippen LogP contribution in [0.15, 0.2) is 6.33 Å². The number of likely N-dealkylation sites (tertiary alicyclic amines) is 1. The van der Waals surface area contributed by atoms with E-state index in [-0.39, 0.29) is 0 Å². The van der Waals surface area contributed by atoms with Gasteiger partial charge in [0.15, 0.2) is 0 Å². The molecule has 0 radical (unpaired) electrons. The van der Waals surface area contributed by atoms with Crippen molar-refractivity contribution < 1.29 is 0 Å². The van der Waals surface area contributed by atoms with Crippen LogP contribution in [-0.4, -0.2) is 50.2 Å². The van der Waals surface area contributed by atoms with Crippen molar-refractivity contribution in [3.63, 3.8) is 0 Å². The Bertz CT molecular complexity index is 638. The summed E-state index contributed by atoms with van der Waals surface area (Å²) in [5.41, 5.74) is 0.911. The Labute approximate surface area is 129 Å². The summed E-state index contributed by atoms with van der Waals surface area (Å²) >= 11 is 6.17. The van der Waals surface area contributed by atoms with Gasteiger partial charge in [0.05, 0.1) is 0 Å². The largest absolute Gasteiger partial charge is 0.369 e. The van der Waals surface area contributed by atoms with E-state index < -0.39 is 0 Å². The van der Waals surface area contributed by atoms with Crippen molar-refractivity contribution in [2.75, 3.05) is 25.0 Å². The minimum atomic E-state index is 0.480. The lowest BCUT2D eigenvalue weighted by molar-refractivity contribution is 0.266. The van der Waals surface area contributed by atoms with Gasteiger partial charge in [-0.3, -0.25) is 0 Å². The van der Waals surface area contributed by atoms with Gasteiger partial charge in [-0.1, -0.05) is 11.6 Å². The van der Waals surface area contributed by atoms with Crippen LogP contribution in [0.5, 0.6) is 0 Å². The lowest BCUT2D eigenvalue weighted by atomic mass is 10.1. The van der Waals surface area contributed by atoms with Gasteiger partial charge in [-0.15, -0.1) is 0 Å². The second-order valence-corrected chi connectivity index (χ2v) is 6.33. The summed E-state index contributed by atoms with van der Waals surface area (Å²) in [6, 6.07) is 0.620. The predicted octanol–water partition coefficient (Wildman–Crippen LogP) is 2.23. The van der Waals surface area contributed by atoms with Gasteiger partial charge in [0, 0.05) is 24.7 Å². The number of halogens is 1. The van der Waals surface area contributed by atoms with Crippen LogP contribution in [-0.2, 0) is 0 Å². The fraction of sp³-hybridized carbons (Fsp3) is 0.643. The molecule has 6 nitrogen and oxygen atoms in total. The fourth-order valence-electron chi connectivity index (χ4n) is 2.84. The molecule has 1 aliphatic heterocycles. The molecule has 2 aromatic rings. The smallest absolute Gasteiger partial charge is 0.255 e. The van der Waals surface area contributed by atoms with E-state index in [2.05, 4.69) is 39.1 Å². The Morgan fingerprint density at radius 1 is 1.48 bits per heavy atom. The molecule has 21 heavy (non-hydrogen) atoms. The zero-order valence-electron chi connectivity index (χ0n) is 12.7. The third kappa shape index (κ3) is 2.82. The molecule has 0 aliphatic carbocycles. The number of nitrogens with one attached hydrogen (secondary N) is 1. The van der Waals surface area contributed by atoms with E-state index in [0.717, 1.165) is 24.5 Å². The first-order valence-corrected chi connectivity index (χ1v) is 7.78. The highest BCUT2D eigenvalue weighted by molar-refractivity contribution is 6.30. The summed E-state index contributed by atoms with van der Waals surface area (Å²) in [5.74, 6) is 2.08. The average molecular weight is 309 g/mol. The zero-order valence-corrected chi connectivity index (χ0v) is 13.4. The maximum Gasteiger partial charge on any atom is 0.255 e. The van der Waals surface area contributed by atoms with Gasteiger partial charge in [-0.2, -0.15) is 19.6 Å². The number of fused-ring (bicyclic) bond motifs is 1. The third-order valence-electron chi connectivity index (χ3n) is 4.21. The standard InChI is InChI=1S/C14H21ClN6/c1-9(2)20-5-4-11(7-20)6-16-13-10(3)12(15)19-14-17-8-18-21(13)14/h8-9,11,16H,4-7H2,1-3H3. The molecule has 2 aromatic heterocycles. The topological polar surface area (TPSA) is 58.4 Å². The van der Waals surface area contributed by atoms with Gasteiger partial charge in [0.1, 0.15) is 17.3 Å². The van der Waals surface area contributed by atoms with Crippen molar-refractivity contribution in [2.45, 2.75) is 33.2 Å². The average Bonchev–Trinajstić information content (AvgIpc) is 3.08. The van der Waals surface area contributed by atoms with Crippen molar-refractivity contribution in [1.29, 1.82) is 0 Å². The summed E-state index contributed by atoms with van der Waals surface area (Å²) < 4.78 is 1.72. The van der Waals surface area contributed by atoms with Crippen LogP contribution in [0.3, 0.4) is 0 Å². The van der Waals surface area contributed by atoms with Gasteiger partial charge in [0.2, 0.25) is 0 Å². The molecule has 0 aromatic carbocycles. The monoisotopic (exact) mass is 308 g/mol. The molecule has 3 rings (SSSR count). The number of hydrogen-bond acceptors (Lipinski definition) is 5. The summed E-state index contributed by atoms with van der Waals surface area (Å²) in [4.78, 5) is 10.8. The summed E-state index contributed by atoms with van der Waals surface area (Å²) in [7, 11) is 0. The van der Waals surface area contributed by atoms with Gasteiger partial charge in [0.25, 0.3) is 5.78 Å². The molecule has 0 spiro atoms. The van der Waals surface area contributed by atoms with Crippen molar-refractivity contribution in [3.05, 3.63) is 17.0 Å². The Hall–Kier alpha value is -1.40. The van der Waals surface area contributed by atoms with Crippen LogP contribution in [0.4, 0.5) is 5.82 Å². The highest BCUT2D eigenvalue weighted by Gasteiger charge is 2.24. The number of rotatable bonds is 4. The number of anilines is 1. The molecule has 0 saturated carbocycles. The zero-order chi connectivity index (χ0) is 15.0. The van der Waals surface area contributed by atoms with Gasteiger partial charge in [-0.25, -0.2) is 0 Å². The quantitative estimate of drug-likeness (QED) is 0.878. The van der Waals surface area contributed by atoms with Crippen molar-refractivity contribution in [3.8, 4) is 0 Å². The highest BCUT2D eigenvalue weighted by Crippen LogP contribution is 2.24. The van der Waals surface area contributed by atoms with E-state index in [1.165, 1.54) is 19.3 Å². The van der Waals surface area contributed by atoms with Crippen LogP contribution in [0.1, 0.15) is 25.8 Å². The van der Waals surface area contributed by atoms with E-state index in [1.807, 2.05) is 6.92 Å². The Morgan fingerprint density at radius 2 is 2.29 bits per heavy atom. The Kier molecular flexibility index (Phi) is 3.99. The number of hydrogen-bond donors (Lipinski definition) is 1. The molecule has 1 fully saturated rings. The van der Waals surface area contributed by atoms with Crippen molar-refractivity contribution >= 4 is 23.2 Å². The first-order chi connectivity index (χ1) is 10.1. The van der Waals surface area contributed by atoms with Gasteiger partial charge < -0.3 is 10.2 Å². The lowest BCUT2D eigenvalue weighted by Gasteiger charge is -2.20. The molecule has 1 unspecified atom stereocenters. The first-order valence-electron chi connectivity index (χ1n) is 7.40. The van der Waals surface area contributed by atoms with Gasteiger partial charge >= 0.3 is 0 Å². The summed E-state index contributed by atoms with van der Waals surface area (Å²) in [6.45, 7) is 9.69. The van der Waals surface area contributed by atoms with Crippen LogP contribution in [0.25, 0.3) is 5.78 Å². The number of aromatic nitrogens is 4. The molecule has 1 saturated heterocycles. The molecule has 1 atom stereocenters. The minimum Gasteiger partial charge on any atom is -0.369 e. The molecule has 1 aliphatic rings. The molecule has 0 amide bonds. The van der Waals surface area contributed by atoms with E-state index in [0.29, 0.717) is 22.9 Å². The van der Waals surface area contributed by atoms with Crippen molar-refractivity contribution in [2.24, 2.45) is 5.92 Å². The van der Waals surface area contributed by atoms with Gasteiger partial charge in [-0.05, 0) is 39.7 Å². The SMILES string of the molecule is Cc1c(Cl)nc2ncnn2c1NCC1CCN(C(C)C)C1. The molecule has 7 heteroatoms. The molecule has 0 bridgehead atoms. The second kappa shape index (κ2) is 5.77. The number of nitrogens with zero attached hydrogens (tertiary/aromatic N) is 5. The van der Waals surface area contributed by atoms with E-state index in [4.69, 9.17) is 11.6 Å². The highest BCUT2D eigenvalue weighted by atomic mass is 35.5. The normalized spacial score (nSPS) is 19.8. The minimum absolute atomic E-state index is 0.480. The Morgan fingerprint density at radius 3 is 3.00 bits per heavy atom. The van der Waals surface area contributed by atoms with E-state index in [1.54, 1.807) is 4.52 Å². The van der Waals surface area contributed by atoms with Crippen LogP contribution in [0.2, 0.25) is 5.15 Å². The molecule has 3 heterocycles. The maximum atomic E-state index is 6.17. The molecule has 1 N–H and O–H groups in total. The predicted molar refractivity (Wildman–Crippen MR) is 83.8 cm³/mol. The van der Waals surface area contributed by atoms with Crippen LogP contribution in [0, 0.1) is 12.8 Å². The summed E-state index contributed by atoms with van der Waals surface area (Å²) in [5, 5.41) is 8.19. The van der Waals surface area contributed by atoms with Crippen LogP contribution >= 0.6 is 11.6 Å². The molecular formula is C14H21ClN6. The second-order valence-electron chi connectivity index (χ2n) is 5.97. The van der Waals surface area contributed by atoms with Crippen LogP contribution < -0.4 is 5.32 Å². The Balaban J connectivity index is 1.74. The molecule has 114 valence electrons. The maximum absolute atomic E-state index is 6.17.